The Balaban J connectivity index is 1.89. The molecule has 2 amide bonds. The number of halogens is 1. The number of hydrogen-bond donors (Lipinski definition) is 3. The molecule has 0 aliphatic heterocycles. The van der Waals surface area contributed by atoms with Crippen LogP contribution in [0.15, 0.2) is 53.0 Å². The first-order chi connectivity index (χ1) is 11.9. The van der Waals surface area contributed by atoms with E-state index in [1.807, 2.05) is 0 Å². The molecule has 10 heteroatoms. The average Bonchev–Trinajstić information content (AvgIpc) is 2.60. The van der Waals surface area contributed by atoms with E-state index in [2.05, 4.69) is 32.1 Å². The van der Waals surface area contributed by atoms with Gasteiger partial charge in [0.1, 0.15) is 0 Å². The summed E-state index contributed by atoms with van der Waals surface area (Å²) in [6.07, 6.45) is 0. The van der Waals surface area contributed by atoms with Gasteiger partial charge in [0.2, 0.25) is 0 Å². The topological polar surface area (TPSA) is 113 Å². The highest BCUT2D eigenvalue weighted by Gasteiger charge is 2.12. The molecule has 8 nitrogen and oxygen atoms in total. The van der Waals surface area contributed by atoms with Gasteiger partial charge in [0.15, 0.2) is 5.11 Å². The highest BCUT2D eigenvalue weighted by Crippen LogP contribution is 2.15. The van der Waals surface area contributed by atoms with Crippen molar-refractivity contribution in [2.75, 3.05) is 0 Å². The molecule has 2 rings (SSSR count). The van der Waals surface area contributed by atoms with Gasteiger partial charge in [0, 0.05) is 22.2 Å². The third-order valence-corrected chi connectivity index (χ3v) is 3.87. The Morgan fingerprint density at radius 1 is 1.00 bits per heavy atom. The molecular formula is C15H11BrN4O4S. The minimum absolute atomic E-state index is 0.101. The number of nitrogens with one attached hydrogen (secondary N) is 3. The lowest BCUT2D eigenvalue weighted by molar-refractivity contribution is -0.384. The number of rotatable bonds is 3. The second kappa shape index (κ2) is 8.31. The second-order valence-electron chi connectivity index (χ2n) is 4.65. The molecule has 0 saturated heterocycles. The molecule has 0 atom stereocenters. The summed E-state index contributed by atoms with van der Waals surface area (Å²) in [7, 11) is 0. The van der Waals surface area contributed by atoms with Gasteiger partial charge in [-0.1, -0.05) is 12.1 Å². The smallest absolute Gasteiger partial charge is 0.269 e. The predicted molar refractivity (Wildman–Crippen MR) is 97.9 cm³/mol. The lowest BCUT2D eigenvalue weighted by Gasteiger charge is -2.11. The average molecular weight is 423 g/mol. The lowest BCUT2D eigenvalue weighted by atomic mass is 10.2. The number of nitro groups is 1. The maximum absolute atomic E-state index is 12.0. The van der Waals surface area contributed by atoms with Gasteiger partial charge in [-0.2, -0.15) is 0 Å². The zero-order valence-corrected chi connectivity index (χ0v) is 14.9. The monoisotopic (exact) mass is 422 g/mol. The van der Waals surface area contributed by atoms with Crippen molar-refractivity contribution >= 4 is 50.8 Å². The molecule has 0 bridgehead atoms. The number of benzene rings is 2. The van der Waals surface area contributed by atoms with E-state index in [4.69, 9.17) is 12.2 Å². The predicted octanol–water partition coefficient (Wildman–Crippen LogP) is 2.31. The summed E-state index contributed by atoms with van der Waals surface area (Å²) in [5.41, 5.74) is 5.13. The van der Waals surface area contributed by atoms with E-state index in [-0.39, 0.29) is 16.4 Å². The van der Waals surface area contributed by atoms with Crippen LogP contribution in [0.1, 0.15) is 20.7 Å². The van der Waals surface area contributed by atoms with E-state index in [9.17, 15) is 19.7 Å². The Hall–Kier alpha value is -2.85. The number of nitrogens with zero attached hydrogens (tertiary/aromatic N) is 1. The van der Waals surface area contributed by atoms with E-state index < -0.39 is 16.7 Å². The third-order valence-electron chi connectivity index (χ3n) is 2.98. The van der Waals surface area contributed by atoms with Crippen molar-refractivity contribution in [2.24, 2.45) is 0 Å². The van der Waals surface area contributed by atoms with Crippen LogP contribution in [0.25, 0.3) is 0 Å². The van der Waals surface area contributed by atoms with Gasteiger partial charge in [-0.3, -0.25) is 35.9 Å². The molecule has 0 spiro atoms. The molecular weight excluding hydrogens is 412 g/mol. The minimum atomic E-state index is -0.563. The highest BCUT2D eigenvalue weighted by atomic mass is 79.9. The van der Waals surface area contributed by atoms with E-state index >= 15 is 0 Å². The van der Waals surface area contributed by atoms with E-state index in [1.54, 1.807) is 24.3 Å². The van der Waals surface area contributed by atoms with Crippen LogP contribution < -0.4 is 16.2 Å². The van der Waals surface area contributed by atoms with Gasteiger partial charge in [0.25, 0.3) is 17.5 Å². The Morgan fingerprint density at radius 3 is 2.24 bits per heavy atom. The molecule has 0 saturated carbocycles. The Labute approximate surface area is 155 Å². The van der Waals surface area contributed by atoms with E-state index in [0.29, 0.717) is 10.0 Å². The van der Waals surface area contributed by atoms with Gasteiger partial charge in [0.05, 0.1) is 10.5 Å². The van der Waals surface area contributed by atoms with Crippen molar-refractivity contribution in [3.05, 3.63) is 74.2 Å². The van der Waals surface area contributed by atoms with Gasteiger partial charge < -0.3 is 0 Å². The number of carbonyl (C=O) groups excluding carboxylic acids is 2. The van der Waals surface area contributed by atoms with Crippen LogP contribution in [0.2, 0.25) is 0 Å². The molecule has 0 aliphatic rings. The fourth-order valence-corrected chi connectivity index (χ4v) is 2.38. The van der Waals surface area contributed by atoms with Crippen LogP contribution in [0, 0.1) is 10.1 Å². The molecule has 2 aromatic rings. The summed E-state index contributed by atoms with van der Waals surface area (Å²) in [6.45, 7) is 0. The first-order valence-corrected chi connectivity index (χ1v) is 7.99. The van der Waals surface area contributed by atoms with Crippen LogP contribution >= 0.6 is 28.1 Å². The van der Waals surface area contributed by atoms with Crippen LogP contribution in [-0.4, -0.2) is 21.9 Å². The zero-order chi connectivity index (χ0) is 18.4. The summed E-state index contributed by atoms with van der Waals surface area (Å²) in [5, 5.41) is 12.9. The van der Waals surface area contributed by atoms with Crippen molar-refractivity contribution in [3.63, 3.8) is 0 Å². The van der Waals surface area contributed by atoms with Gasteiger partial charge in [-0.15, -0.1) is 0 Å². The molecule has 0 aliphatic carbocycles. The van der Waals surface area contributed by atoms with Gasteiger partial charge >= 0.3 is 0 Å². The molecule has 0 heterocycles. The Kier molecular flexibility index (Phi) is 6.14. The number of nitro benzene ring substituents is 1. The van der Waals surface area contributed by atoms with Gasteiger partial charge in [-0.25, -0.2) is 0 Å². The first kappa shape index (κ1) is 18.5. The molecule has 2 aromatic carbocycles. The van der Waals surface area contributed by atoms with Crippen LogP contribution in [0.5, 0.6) is 0 Å². The van der Waals surface area contributed by atoms with Crippen molar-refractivity contribution in [3.8, 4) is 0 Å². The quantitative estimate of drug-likeness (QED) is 0.397. The Morgan fingerprint density at radius 2 is 1.64 bits per heavy atom. The van der Waals surface area contributed by atoms with Gasteiger partial charge in [-0.05, 0) is 52.4 Å². The van der Waals surface area contributed by atoms with Crippen LogP contribution in [-0.2, 0) is 0 Å². The van der Waals surface area contributed by atoms with E-state index in [0.717, 1.165) is 0 Å². The molecule has 0 fully saturated rings. The number of hydrazine groups is 1. The minimum Gasteiger partial charge on any atom is -0.298 e. The summed E-state index contributed by atoms with van der Waals surface area (Å²) < 4.78 is 0.602. The highest BCUT2D eigenvalue weighted by molar-refractivity contribution is 9.10. The van der Waals surface area contributed by atoms with Crippen molar-refractivity contribution in [1.29, 1.82) is 0 Å². The SMILES string of the molecule is O=C(NNC(=S)NC(=O)c1ccccc1Br)c1ccc([N+](=O)[O-])cc1. The second-order valence-corrected chi connectivity index (χ2v) is 5.91. The summed E-state index contributed by atoms with van der Waals surface area (Å²) >= 11 is 8.19. The van der Waals surface area contributed by atoms with E-state index in [1.165, 1.54) is 24.3 Å². The summed E-state index contributed by atoms with van der Waals surface area (Å²) in [6, 6.07) is 11.8. The summed E-state index contributed by atoms with van der Waals surface area (Å²) in [5.74, 6) is -1.01. The van der Waals surface area contributed by atoms with Crippen molar-refractivity contribution in [2.45, 2.75) is 0 Å². The Bertz CT molecular complexity index is 842. The number of carbonyl (C=O) groups is 2. The number of thiocarbonyl (C=S) groups is 1. The number of hydrogen-bond acceptors (Lipinski definition) is 5. The molecule has 0 aromatic heterocycles. The maximum atomic E-state index is 12.0. The fourth-order valence-electron chi connectivity index (χ4n) is 1.77. The van der Waals surface area contributed by atoms with Crippen molar-refractivity contribution < 1.29 is 14.5 Å². The molecule has 3 N–H and O–H groups in total. The van der Waals surface area contributed by atoms with Crippen molar-refractivity contribution in [1.82, 2.24) is 16.2 Å². The number of amides is 2. The third kappa shape index (κ3) is 5.06. The largest absolute Gasteiger partial charge is 0.298 e. The molecule has 128 valence electrons. The summed E-state index contributed by atoms with van der Waals surface area (Å²) in [4.78, 5) is 34.0. The number of non-ortho nitro benzene ring substituents is 1. The molecule has 0 radical (unpaired) electrons. The first-order valence-electron chi connectivity index (χ1n) is 6.79. The maximum Gasteiger partial charge on any atom is 0.269 e. The molecule has 0 unspecified atom stereocenters. The molecule has 25 heavy (non-hydrogen) atoms. The normalized spacial score (nSPS) is 9.80. The van der Waals surface area contributed by atoms with Crippen LogP contribution in [0.3, 0.4) is 0 Å². The fraction of sp³-hybridized carbons (Fsp3) is 0. The lowest BCUT2D eigenvalue weighted by Crippen LogP contribution is -2.48. The standard InChI is InChI=1S/C15H11BrN4O4S/c16-12-4-2-1-3-11(12)14(22)17-15(25)19-18-13(21)9-5-7-10(8-6-9)20(23)24/h1-8H,(H,18,21)(H2,17,19,22,25). The van der Waals surface area contributed by atoms with Crippen LogP contribution in [0.4, 0.5) is 5.69 Å². The zero-order valence-electron chi connectivity index (χ0n) is 12.5.